The Morgan fingerprint density at radius 1 is 1.67 bits per heavy atom. The van der Waals surface area contributed by atoms with Gasteiger partial charge in [0.25, 0.3) is 0 Å². The van der Waals surface area contributed by atoms with Crippen molar-refractivity contribution in [1.82, 2.24) is 5.32 Å². The number of rotatable bonds is 3. The summed E-state index contributed by atoms with van der Waals surface area (Å²) in [5, 5.41) is 10.8. The van der Waals surface area contributed by atoms with Gasteiger partial charge < -0.3 is 16.2 Å². The molecule has 4 heteroatoms. The van der Waals surface area contributed by atoms with Crippen molar-refractivity contribution in [2.75, 3.05) is 0 Å². The lowest BCUT2D eigenvalue weighted by Gasteiger charge is -2.34. The summed E-state index contributed by atoms with van der Waals surface area (Å²) in [4.78, 5) is 10.3. The standard InChI is InChI=1S/C8H16N2O2/c1-5(10-8(11)12)7(9)6-3-2-4-6/h5-7,10H,2-4,9H2,1H3,(H,11,12)/t5-,7-/m0/s1. The third-order valence-electron chi connectivity index (χ3n) is 2.62. The van der Waals surface area contributed by atoms with Crippen molar-refractivity contribution in [2.24, 2.45) is 11.7 Å². The van der Waals surface area contributed by atoms with E-state index >= 15 is 0 Å². The number of carboxylic acid groups (broad SMARTS) is 1. The highest BCUT2D eigenvalue weighted by Crippen LogP contribution is 2.29. The molecule has 0 aliphatic heterocycles. The second kappa shape index (κ2) is 3.76. The Bertz CT molecular complexity index is 168. The lowest BCUT2D eigenvalue weighted by Crippen LogP contribution is -2.50. The molecular weight excluding hydrogens is 156 g/mol. The third kappa shape index (κ3) is 2.11. The molecule has 1 fully saturated rings. The van der Waals surface area contributed by atoms with Crippen LogP contribution in [0.15, 0.2) is 0 Å². The SMILES string of the molecule is C[C@H](NC(=O)O)[C@H](N)C1CCC1. The molecule has 0 heterocycles. The average Bonchev–Trinajstić information content (AvgIpc) is 1.81. The molecule has 1 amide bonds. The molecule has 1 aliphatic rings. The predicted octanol–water partition coefficient (Wildman–Crippen LogP) is 0.770. The fourth-order valence-electron chi connectivity index (χ4n) is 1.52. The Morgan fingerprint density at radius 3 is 2.58 bits per heavy atom. The minimum Gasteiger partial charge on any atom is -0.465 e. The predicted molar refractivity (Wildman–Crippen MR) is 45.9 cm³/mol. The first-order valence-corrected chi connectivity index (χ1v) is 4.36. The Kier molecular flexibility index (Phi) is 2.92. The van der Waals surface area contributed by atoms with Gasteiger partial charge in [-0.1, -0.05) is 6.42 Å². The van der Waals surface area contributed by atoms with E-state index in [-0.39, 0.29) is 12.1 Å². The van der Waals surface area contributed by atoms with Crippen LogP contribution in [-0.4, -0.2) is 23.3 Å². The minimum absolute atomic E-state index is 0.0187. The average molecular weight is 172 g/mol. The number of hydrogen-bond donors (Lipinski definition) is 3. The van der Waals surface area contributed by atoms with E-state index < -0.39 is 6.09 Å². The highest BCUT2D eigenvalue weighted by atomic mass is 16.4. The van der Waals surface area contributed by atoms with E-state index in [4.69, 9.17) is 10.8 Å². The smallest absolute Gasteiger partial charge is 0.404 e. The molecule has 0 aromatic carbocycles. The zero-order valence-electron chi connectivity index (χ0n) is 7.29. The van der Waals surface area contributed by atoms with Crippen LogP contribution in [0.3, 0.4) is 0 Å². The number of nitrogens with two attached hydrogens (primary N) is 1. The van der Waals surface area contributed by atoms with Crippen molar-refractivity contribution in [3.8, 4) is 0 Å². The molecular formula is C8H16N2O2. The molecule has 0 unspecified atom stereocenters. The van der Waals surface area contributed by atoms with Gasteiger partial charge in [0.05, 0.1) is 0 Å². The Labute approximate surface area is 72.1 Å². The van der Waals surface area contributed by atoms with Crippen LogP contribution < -0.4 is 11.1 Å². The lowest BCUT2D eigenvalue weighted by atomic mass is 9.78. The van der Waals surface area contributed by atoms with Crippen LogP contribution in [0.4, 0.5) is 4.79 Å². The molecule has 0 radical (unpaired) electrons. The van der Waals surface area contributed by atoms with Gasteiger partial charge in [0.1, 0.15) is 0 Å². The molecule has 4 nitrogen and oxygen atoms in total. The summed E-state index contributed by atoms with van der Waals surface area (Å²) < 4.78 is 0. The van der Waals surface area contributed by atoms with Crippen molar-refractivity contribution >= 4 is 6.09 Å². The highest BCUT2D eigenvalue weighted by Gasteiger charge is 2.28. The molecule has 0 aromatic rings. The number of hydrogen-bond acceptors (Lipinski definition) is 2. The molecule has 0 spiro atoms. The van der Waals surface area contributed by atoms with Crippen molar-refractivity contribution in [3.63, 3.8) is 0 Å². The summed E-state index contributed by atoms with van der Waals surface area (Å²) in [5.74, 6) is 0.520. The molecule has 70 valence electrons. The van der Waals surface area contributed by atoms with Gasteiger partial charge in [-0.25, -0.2) is 4.79 Å². The van der Waals surface area contributed by atoms with Gasteiger partial charge in [0.15, 0.2) is 0 Å². The number of amides is 1. The van der Waals surface area contributed by atoms with Crippen molar-refractivity contribution in [1.29, 1.82) is 0 Å². The largest absolute Gasteiger partial charge is 0.465 e. The van der Waals surface area contributed by atoms with Crippen LogP contribution in [0, 0.1) is 5.92 Å². The molecule has 1 aliphatic carbocycles. The van der Waals surface area contributed by atoms with Gasteiger partial charge in [0, 0.05) is 12.1 Å². The second-order valence-corrected chi connectivity index (χ2v) is 3.51. The summed E-state index contributed by atoms with van der Waals surface area (Å²) >= 11 is 0. The highest BCUT2D eigenvalue weighted by molar-refractivity contribution is 5.64. The monoisotopic (exact) mass is 172 g/mol. The zero-order chi connectivity index (χ0) is 9.14. The summed E-state index contributed by atoms with van der Waals surface area (Å²) in [5.41, 5.74) is 5.84. The first-order valence-electron chi connectivity index (χ1n) is 4.36. The van der Waals surface area contributed by atoms with Crippen LogP contribution in [-0.2, 0) is 0 Å². The summed E-state index contributed by atoms with van der Waals surface area (Å²) in [7, 11) is 0. The first kappa shape index (κ1) is 9.32. The van der Waals surface area contributed by atoms with Crippen molar-refractivity contribution in [2.45, 2.75) is 38.3 Å². The molecule has 0 saturated heterocycles. The van der Waals surface area contributed by atoms with E-state index in [1.54, 1.807) is 0 Å². The molecule has 2 atom stereocenters. The van der Waals surface area contributed by atoms with Crippen LogP contribution in [0.5, 0.6) is 0 Å². The summed E-state index contributed by atoms with van der Waals surface area (Å²) in [6, 6.07) is -0.150. The molecule has 4 N–H and O–H groups in total. The van der Waals surface area contributed by atoms with Crippen LogP contribution in [0.25, 0.3) is 0 Å². The fraction of sp³-hybridized carbons (Fsp3) is 0.875. The van der Waals surface area contributed by atoms with E-state index in [1.807, 2.05) is 6.92 Å². The van der Waals surface area contributed by atoms with Gasteiger partial charge in [-0.3, -0.25) is 0 Å². The van der Waals surface area contributed by atoms with E-state index in [1.165, 1.54) is 6.42 Å². The lowest BCUT2D eigenvalue weighted by molar-refractivity contribution is 0.178. The summed E-state index contributed by atoms with van der Waals surface area (Å²) in [6.07, 6.45) is 2.54. The maximum atomic E-state index is 10.3. The van der Waals surface area contributed by atoms with Gasteiger partial charge in [-0.15, -0.1) is 0 Å². The number of carbonyl (C=O) groups is 1. The first-order chi connectivity index (χ1) is 5.61. The summed E-state index contributed by atoms with van der Waals surface area (Å²) in [6.45, 7) is 1.82. The quantitative estimate of drug-likeness (QED) is 0.588. The van der Waals surface area contributed by atoms with Crippen molar-refractivity contribution < 1.29 is 9.90 Å². The van der Waals surface area contributed by atoms with Gasteiger partial charge in [-0.05, 0) is 25.7 Å². The Balaban J connectivity index is 2.29. The zero-order valence-corrected chi connectivity index (χ0v) is 7.29. The second-order valence-electron chi connectivity index (χ2n) is 3.51. The molecule has 12 heavy (non-hydrogen) atoms. The maximum absolute atomic E-state index is 10.3. The molecule has 1 saturated carbocycles. The maximum Gasteiger partial charge on any atom is 0.404 e. The topological polar surface area (TPSA) is 75.3 Å². The minimum atomic E-state index is -0.989. The fourth-order valence-corrected chi connectivity index (χ4v) is 1.52. The van der Waals surface area contributed by atoms with E-state index in [0.717, 1.165) is 12.8 Å². The van der Waals surface area contributed by atoms with Crippen molar-refractivity contribution in [3.05, 3.63) is 0 Å². The molecule has 1 rings (SSSR count). The van der Waals surface area contributed by atoms with Gasteiger partial charge in [0.2, 0.25) is 0 Å². The van der Waals surface area contributed by atoms with E-state index in [0.29, 0.717) is 5.92 Å². The third-order valence-corrected chi connectivity index (χ3v) is 2.62. The Morgan fingerprint density at radius 2 is 2.25 bits per heavy atom. The Hall–Kier alpha value is -0.770. The molecule has 0 aromatic heterocycles. The van der Waals surface area contributed by atoms with Gasteiger partial charge >= 0.3 is 6.09 Å². The van der Waals surface area contributed by atoms with Crippen LogP contribution >= 0.6 is 0 Å². The van der Waals surface area contributed by atoms with E-state index in [9.17, 15) is 4.79 Å². The van der Waals surface area contributed by atoms with Crippen LogP contribution in [0.1, 0.15) is 26.2 Å². The molecule has 0 bridgehead atoms. The van der Waals surface area contributed by atoms with Gasteiger partial charge in [-0.2, -0.15) is 0 Å². The van der Waals surface area contributed by atoms with Crippen LogP contribution in [0.2, 0.25) is 0 Å². The normalized spacial score (nSPS) is 22.5. The number of nitrogens with one attached hydrogen (secondary N) is 1. The van der Waals surface area contributed by atoms with E-state index in [2.05, 4.69) is 5.32 Å².